The molecule has 0 aliphatic rings. The number of hydrogen-bond donors (Lipinski definition) is 0. The van der Waals surface area contributed by atoms with Crippen LogP contribution >= 0.6 is 0 Å². The number of rotatable bonds is 5. The summed E-state index contributed by atoms with van der Waals surface area (Å²) < 4.78 is 26.9. The van der Waals surface area contributed by atoms with Crippen molar-refractivity contribution in [3.8, 4) is 34.5 Å². The van der Waals surface area contributed by atoms with Crippen molar-refractivity contribution in [1.29, 1.82) is 0 Å². The molecular weight excluding hydrogens is 326 g/mol. The van der Waals surface area contributed by atoms with Crippen molar-refractivity contribution in [2.24, 2.45) is 0 Å². The summed E-state index contributed by atoms with van der Waals surface area (Å²) in [5.41, 5.74) is 0.323. The van der Waals surface area contributed by atoms with Crippen LogP contribution in [0.25, 0.3) is 22.4 Å². The summed E-state index contributed by atoms with van der Waals surface area (Å²) in [6.45, 7) is 0. The van der Waals surface area contributed by atoms with E-state index < -0.39 is 5.63 Å². The zero-order valence-corrected chi connectivity index (χ0v) is 14.3. The van der Waals surface area contributed by atoms with Crippen LogP contribution in [-0.2, 0) is 0 Å². The van der Waals surface area contributed by atoms with Crippen LogP contribution in [0.1, 0.15) is 0 Å². The number of fused-ring (bicyclic) bond motifs is 1. The highest BCUT2D eigenvalue weighted by atomic mass is 16.5. The molecule has 0 spiro atoms. The Morgan fingerprint density at radius 2 is 1.36 bits per heavy atom. The highest BCUT2D eigenvalue weighted by Gasteiger charge is 2.27. The van der Waals surface area contributed by atoms with Gasteiger partial charge in [-0.2, -0.15) is 0 Å². The fourth-order valence-corrected chi connectivity index (χ4v) is 2.67. The maximum atomic E-state index is 12.6. The van der Waals surface area contributed by atoms with Gasteiger partial charge in [0.2, 0.25) is 17.4 Å². The van der Waals surface area contributed by atoms with E-state index in [1.807, 2.05) is 18.2 Å². The number of nitrogens with zero attached hydrogens (tertiary/aromatic N) is 1. The lowest BCUT2D eigenvalue weighted by Crippen LogP contribution is -2.08. The average molecular weight is 343 g/mol. The molecule has 2 aromatic carbocycles. The van der Waals surface area contributed by atoms with Gasteiger partial charge in [0, 0.05) is 5.56 Å². The smallest absolute Gasteiger partial charge is 0.351 e. The monoisotopic (exact) mass is 343 g/mol. The SMILES string of the molecule is COc1c(OC)c(OC)c2c(=O)oc(-c3ccccc3)nc2c1OC. The van der Waals surface area contributed by atoms with Gasteiger partial charge >= 0.3 is 5.63 Å². The molecule has 0 aliphatic carbocycles. The van der Waals surface area contributed by atoms with Gasteiger partial charge in [-0.15, -0.1) is 0 Å². The summed E-state index contributed by atoms with van der Waals surface area (Å²) in [6.07, 6.45) is 0. The molecule has 3 rings (SSSR count). The van der Waals surface area contributed by atoms with Crippen molar-refractivity contribution in [3.05, 3.63) is 40.8 Å². The highest BCUT2D eigenvalue weighted by molar-refractivity contribution is 5.96. The van der Waals surface area contributed by atoms with Gasteiger partial charge in [-0.25, -0.2) is 9.78 Å². The van der Waals surface area contributed by atoms with Crippen LogP contribution in [0.3, 0.4) is 0 Å². The van der Waals surface area contributed by atoms with E-state index in [4.69, 9.17) is 23.4 Å². The summed E-state index contributed by atoms with van der Waals surface area (Å²) in [6, 6.07) is 9.10. The molecule has 7 nitrogen and oxygen atoms in total. The average Bonchev–Trinajstić information content (AvgIpc) is 2.66. The minimum Gasteiger partial charge on any atom is -0.492 e. The second-order valence-electron chi connectivity index (χ2n) is 5.03. The maximum Gasteiger partial charge on any atom is 0.351 e. The Balaban J connectivity index is 2.47. The lowest BCUT2D eigenvalue weighted by Gasteiger charge is -2.17. The highest BCUT2D eigenvalue weighted by Crippen LogP contribution is 2.49. The molecule has 130 valence electrons. The lowest BCUT2D eigenvalue weighted by atomic mass is 10.1. The number of benzene rings is 2. The molecule has 0 radical (unpaired) electrons. The Labute approximate surface area is 143 Å². The molecule has 0 saturated carbocycles. The second-order valence-corrected chi connectivity index (χ2v) is 5.03. The third-order valence-corrected chi connectivity index (χ3v) is 3.74. The third kappa shape index (κ3) is 2.63. The molecule has 1 heterocycles. The van der Waals surface area contributed by atoms with Gasteiger partial charge in [-0.3, -0.25) is 0 Å². The molecule has 0 amide bonds. The summed E-state index contributed by atoms with van der Waals surface area (Å²) in [5.74, 6) is 1.13. The van der Waals surface area contributed by atoms with Gasteiger partial charge in [-0.05, 0) is 12.1 Å². The first-order chi connectivity index (χ1) is 12.2. The van der Waals surface area contributed by atoms with Crippen LogP contribution in [0.4, 0.5) is 0 Å². The summed E-state index contributed by atoms with van der Waals surface area (Å²) in [7, 11) is 5.80. The topological polar surface area (TPSA) is 80.0 Å². The third-order valence-electron chi connectivity index (χ3n) is 3.74. The van der Waals surface area contributed by atoms with Gasteiger partial charge in [-0.1, -0.05) is 18.2 Å². The van der Waals surface area contributed by atoms with Crippen LogP contribution in [0.15, 0.2) is 39.5 Å². The van der Waals surface area contributed by atoms with E-state index in [0.29, 0.717) is 5.56 Å². The van der Waals surface area contributed by atoms with Gasteiger partial charge < -0.3 is 23.4 Å². The zero-order valence-electron chi connectivity index (χ0n) is 14.3. The van der Waals surface area contributed by atoms with Crippen LogP contribution < -0.4 is 24.6 Å². The maximum absolute atomic E-state index is 12.6. The normalized spacial score (nSPS) is 10.6. The van der Waals surface area contributed by atoms with E-state index in [2.05, 4.69) is 4.98 Å². The number of aromatic nitrogens is 1. The van der Waals surface area contributed by atoms with Gasteiger partial charge in [0.1, 0.15) is 10.9 Å². The number of methoxy groups -OCH3 is 4. The molecule has 1 aromatic heterocycles. The quantitative estimate of drug-likeness (QED) is 0.704. The Morgan fingerprint density at radius 1 is 0.800 bits per heavy atom. The molecule has 0 aliphatic heterocycles. The summed E-state index contributed by atoms with van der Waals surface area (Å²) in [5, 5.41) is 0.122. The van der Waals surface area contributed by atoms with E-state index >= 15 is 0 Å². The minimum atomic E-state index is -0.611. The molecule has 25 heavy (non-hydrogen) atoms. The minimum absolute atomic E-state index is 0.122. The van der Waals surface area contributed by atoms with Crippen LogP contribution in [0.5, 0.6) is 23.0 Å². The Kier molecular flexibility index (Phi) is 4.47. The predicted octanol–water partition coefficient (Wildman–Crippen LogP) is 2.89. The van der Waals surface area contributed by atoms with Gasteiger partial charge in [0.25, 0.3) is 0 Å². The zero-order chi connectivity index (χ0) is 18.0. The lowest BCUT2D eigenvalue weighted by molar-refractivity contribution is 0.308. The molecule has 0 unspecified atom stereocenters. The predicted molar refractivity (Wildman–Crippen MR) is 91.9 cm³/mol. The Hall–Kier alpha value is -3.22. The van der Waals surface area contributed by atoms with Crippen molar-refractivity contribution in [1.82, 2.24) is 4.98 Å². The Bertz CT molecular complexity index is 965. The van der Waals surface area contributed by atoms with Crippen molar-refractivity contribution < 1.29 is 23.4 Å². The van der Waals surface area contributed by atoms with Crippen molar-refractivity contribution in [2.45, 2.75) is 0 Å². The van der Waals surface area contributed by atoms with E-state index in [1.54, 1.807) is 12.1 Å². The number of hydrogen-bond acceptors (Lipinski definition) is 7. The fraction of sp³-hybridized carbons (Fsp3) is 0.222. The standard InChI is InChI=1S/C18H17NO6/c1-21-13-11-12(14(22-2)16(24-4)15(13)23-3)19-17(25-18(11)20)10-8-6-5-7-9-10/h5-9H,1-4H3. The second kappa shape index (κ2) is 6.72. The van der Waals surface area contributed by atoms with Crippen molar-refractivity contribution in [3.63, 3.8) is 0 Å². The fourth-order valence-electron chi connectivity index (χ4n) is 2.67. The van der Waals surface area contributed by atoms with Crippen molar-refractivity contribution >= 4 is 10.9 Å². The molecule has 7 heteroatoms. The van der Waals surface area contributed by atoms with E-state index in [0.717, 1.165) is 0 Å². The van der Waals surface area contributed by atoms with E-state index in [-0.39, 0.29) is 39.8 Å². The molecular formula is C18H17NO6. The van der Waals surface area contributed by atoms with Crippen LogP contribution in [-0.4, -0.2) is 33.4 Å². The summed E-state index contributed by atoms with van der Waals surface area (Å²) >= 11 is 0. The molecule has 0 saturated heterocycles. The van der Waals surface area contributed by atoms with E-state index in [1.165, 1.54) is 28.4 Å². The van der Waals surface area contributed by atoms with Gasteiger partial charge in [0.05, 0.1) is 28.4 Å². The van der Waals surface area contributed by atoms with Crippen molar-refractivity contribution in [2.75, 3.05) is 28.4 Å². The van der Waals surface area contributed by atoms with Crippen LogP contribution in [0, 0.1) is 0 Å². The molecule has 0 atom stereocenters. The number of ether oxygens (including phenoxy) is 4. The first-order valence-electron chi connectivity index (χ1n) is 7.42. The van der Waals surface area contributed by atoms with Crippen LogP contribution in [0.2, 0.25) is 0 Å². The molecule has 0 bridgehead atoms. The van der Waals surface area contributed by atoms with Gasteiger partial charge in [0.15, 0.2) is 11.5 Å². The molecule has 0 fully saturated rings. The first kappa shape index (κ1) is 16.6. The first-order valence-corrected chi connectivity index (χ1v) is 7.42. The molecule has 0 N–H and O–H groups in total. The molecule has 3 aromatic rings. The summed E-state index contributed by atoms with van der Waals surface area (Å²) in [4.78, 5) is 17.1. The Morgan fingerprint density at radius 3 is 1.92 bits per heavy atom. The largest absolute Gasteiger partial charge is 0.492 e. The van der Waals surface area contributed by atoms with E-state index in [9.17, 15) is 4.79 Å².